The number of anilines is 1. The summed E-state index contributed by atoms with van der Waals surface area (Å²) in [6.45, 7) is 5.45. The first-order valence-corrected chi connectivity index (χ1v) is 5.75. The molecule has 0 aromatic carbocycles. The van der Waals surface area contributed by atoms with Crippen molar-refractivity contribution in [2.75, 3.05) is 31.6 Å². The maximum absolute atomic E-state index is 5.56. The first kappa shape index (κ1) is 11.3. The van der Waals surface area contributed by atoms with Crippen LogP contribution in [0.15, 0.2) is 12.4 Å². The van der Waals surface area contributed by atoms with E-state index in [4.69, 9.17) is 4.74 Å². The third-order valence-electron chi connectivity index (χ3n) is 2.61. The molecule has 1 aromatic rings. The van der Waals surface area contributed by atoms with Crippen LogP contribution < -0.4 is 10.6 Å². The molecule has 0 amide bonds. The zero-order valence-electron chi connectivity index (χ0n) is 9.57. The maximum atomic E-state index is 5.56. The van der Waals surface area contributed by atoms with E-state index in [1.807, 2.05) is 12.4 Å². The third kappa shape index (κ3) is 3.15. The number of hydrogen-bond acceptors (Lipinski definition) is 5. The van der Waals surface area contributed by atoms with Crippen molar-refractivity contribution in [2.45, 2.75) is 19.4 Å². The van der Waals surface area contributed by atoms with Gasteiger partial charge in [0.1, 0.15) is 0 Å². The van der Waals surface area contributed by atoms with Gasteiger partial charge in [0.2, 0.25) is 5.95 Å². The normalized spacial score (nSPS) is 20.7. The van der Waals surface area contributed by atoms with Crippen molar-refractivity contribution in [1.29, 1.82) is 0 Å². The minimum Gasteiger partial charge on any atom is -0.374 e. The van der Waals surface area contributed by atoms with E-state index in [1.165, 1.54) is 0 Å². The molecule has 1 aliphatic heterocycles. The average Bonchev–Trinajstić information content (AvgIpc) is 2.38. The molecular weight excluding hydrogens is 204 g/mol. The molecule has 0 bridgehead atoms. The summed E-state index contributed by atoms with van der Waals surface area (Å²) >= 11 is 0. The molecule has 2 rings (SSSR count). The van der Waals surface area contributed by atoms with Crippen molar-refractivity contribution in [3.63, 3.8) is 0 Å². The molecule has 0 radical (unpaired) electrons. The number of aryl methyl sites for hydroxylation is 1. The summed E-state index contributed by atoms with van der Waals surface area (Å²) in [6, 6.07) is 0. The summed E-state index contributed by atoms with van der Waals surface area (Å²) in [6.07, 6.45) is 4.89. The number of hydrogen-bond donors (Lipinski definition) is 2. The lowest BCUT2D eigenvalue weighted by atomic mass is 10.3. The van der Waals surface area contributed by atoms with Crippen molar-refractivity contribution < 1.29 is 4.74 Å². The van der Waals surface area contributed by atoms with Crippen LogP contribution in [-0.4, -0.2) is 42.3 Å². The largest absolute Gasteiger partial charge is 0.374 e. The predicted octanol–water partition coefficient (Wildman–Crippen LogP) is 0.439. The Labute approximate surface area is 95.6 Å². The Kier molecular flexibility index (Phi) is 4.07. The second kappa shape index (κ2) is 5.77. The Morgan fingerprint density at radius 1 is 1.50 bits per heavy atom. The van der Waals surface area contributed by atoms with Gasteiger partial charge in [-0.2, -0.15) is 0 Å². The van der Waals surface area contributed by atoms with Crippen molar-refractivity contribution in [2.24, 2.45) is 0 Å². The van der Waals surface area contributed by atoms with E-state index in [0.29, 0.717) is 5.95 Å². The van der Waals surface area contributed by atoms with E-state index in [-0.39, 0.29) is 6.10 Å². The Hall–Kier alpha value is -1.20. The van der Waals surface area contributed by atoms with Crippen LogP contribution in [0.3, 0.4) is 0 Å². The molecule has 0 aliphatic carbocycles. The standard InChI is InChI=1S/C11H18N4O/c1-2-9-5-13-11(14-6-9)15-8-10-7-12-3-4-16-10/h5-6,10,12H,2-4,7-8H2,1H3,(H,13,14,15). The molecule has 0 saturated carbocycles. The summed E-state index contributed by atoms with van der Waals surface area (Å²) in [5, 5.41) is 6.46. The summed E-state index contributed by atoms with van der Waals surface area (Å²) in [5.41, 5.74) is 1.15. The summed E-state index contributed by atoms with van der Waals surface area (Å²) < 4.78 is 5.56. The third-order valence-corrected chi connectivity index (χ3v) is 2.61. The zero-order chi connectivity index (χ0) is 11.2. The van der Waals surface area contributed by atoms with Crippen LogP contribution in [0.4, 0.5) is 5.95 Å². The Morgan fingerprint density at radius 3 is 2.94 bits per heavy atom. The molecule has 1 saturated heterocycles. The number of nitrogens with one attached hydrogen (secondary N) is 2. The lowest BCUT2D eigenvalue weighted by Crippen LogP contribution is -2.42. The second-order valence-electron chi connectivity index (χ2n) is 3.85. The maximum Gasteiger partial charge on any atom is 0.222 e. The van der Waals surface area contributed by atoms with Gasteiger partial charge in [0, 0.05) is 32.0 Å². The highest BCUT2D eigenvalue weighted by Crippen LogP contribution is 2.02. The van der Waals surface area contributed by atoms with E-state index in [1.54, 1.807) is 0 Å². The van der Waals surface area contributed by atoms with Gasteiger partial charge in [-0.05, 0) is 12.0 Å². The van der Waals surface area contributed by atoms with E-state index in [9.17, 15) is 0 Å². The molecule has 2 N–H and O–H groups in total. The Balaban J connectivity index is 1.79. The molecule has 88 valence electrons. The van der Waals surface area contributed by atoms with Gasteiger partial charge in [-0.15, -0.1) is 0 Å². The Morgan fingerprint density at radius 2 is 2.31 bits per heavy atom. The minimum atomic E-state index is 0.211. The van der Waals surface area contributed by atoms with Crippen LogP contribution in [-0.2, 0) is 11.2 Å². The molecule has 2 heterocycles. The zero-order valence-corrected chi connectivity index (χ0v) is 9.57. The number of morpholine rings is 1. The molecule has 1 aliphatic rings. The van der Waals surface area contributed by atoms with Gasteiger partial charge < -0.3 is 15.4 Å². The van der Waals surface area contributed by atoms with Crippen molar-refractivity contribution in [3.8, 4) is 0 Å². The van der Waals surface area contributed by atoms with Gasteiger partial charge in [-0.1, -0.05) is 6.92 Å². The minimum absolute atomic E-state index is 0.211. The highest BCUT2D eigenvalue weighted by atomic mass is 16.5. The summed E-state index contributed by atoms with van der Waals surface area (Å²) in [4.78, 5) is 8.47. The summed E-state index contributed by atoms with van der Waals surface area (Å²) in [5.74, 6) is 0.673. The smallest absolute Gasteiger partial charge is 0.222 e. The fourth-order valence-corrected chi connectivity index (χ4v) is 1.58. The Bertz CT molecular complexity index is 308. The first-order chi connectivity index (χ1) is 7.88. The van der Waals surface area contributed by atoms with Gasteiger partial charge in [0.05, 0.1) is 12.7 Å². The monoisotopic (exact) mass is 222 g/mol. The quantitative estimate of drug-likeness (QED) is 0.774. The van der Waals surface area contributed by atoms with Crippen LogP contribution in [0.25, 0.3) is 0 Å². The molecule has 1 unspecified atom stereocenters. The molecule has 0 spiro atoms. The van der Waals surface area contributed by atoms with Gasteiger partial charge >= 0.3 is 0 Å². The molecule has 5 nitrogen and oxygen atoms in total. The molecular formula is C11H18N4O. The SMILES string of the molecule is CCc1cnc(NCC2CNCCO2)nc1. The van der Waals surface area contributed by atoms with E-state index >= 15 is 0 Å². The van der Waals surface area contributed by atoms with Gasteiger partial charge in [0.25, 0.3) is 0 Å². The van der Waals surface area contributed by atoms with Crippen molar-refractivity contribution >= 4 is 5.95 Å². The number of aromatic nitrogens is 2. The van der Waals surface area contributed by atoms with Gasteiger partial charge in [-0.25, -0.2) is 9.97 Å². The number of rotatable bonds is 4. The molecule has 1 aromatic heterocycles. The van der Waals surface area contributed by atoms with Crippen molar-refractivity contribution in [3.05, 3.63) is 18.0 Å². The highest BCUT2D eigenvalue weighted by Gasteiger charge is 2.12. The predicted molar refractivity (Wildman–Crippen MR) is 62.5 cm³/mol. The van der Waals surface area contributed by atoms with E-state index in [0.717, 1.165) is 38.2 Å². The van der Waals surface area contributed by atoms with Gasteiger partial charge in [-0.3, -0.25) is 0 Å². The molecule has 5 heteroatoms. The number of nitrogens with zero attached hydrogens (tertiary/aromatic N) is 2. The molecule has 1 fully saturated rings. The average molecular weight is 222 g/mol. The lowest BCUT2D eigenvalue weighted by Gasteiger charge is -2.23. The highest BCUT2D eigenvalue weighted by molar-refractivity contribution is 5.24. The van der Waals surface area contributed by atoms with Crippen molar-refractivity contribution in [1.82, 2.24) is 15.3 Å². The number of ether oxygens (including phenoxy) is 1. The van der Waals surface area contributed by atoms with Crippen LogP contribution in [0.1, 0.15) is 12.5 Å². The van der Waals surface area contributed by atoms with Crippen LogP contribution in [0.2, 0.25) is 0 Å². The fourth-order valence-electron chi connectivity index (χ4n) is 1.58. The molecule has 1 atom stereocenters. The first-order valence-electron chi connectivity index (χ1n) is 5.75. The van der Waals surface area contributed by atoms with Gasteiger partial charge in [0.15, 0.2) is 0 Å². The second-order valence-corrected chi connectivity index (χ2v) is 3.85. The van der Waals surface area contributed by atoms with Crippen LogP contribution in [0.5, 0.6) is 0 Å². The van der Waals surface area contributed by atoms with Crippen LogP contribution in [0, 0.1) is 0 Å². The fraction of sp³-hybridized carbons (Fsp3) is 0.636. The van der Waals surface area contributed by atoms with E-state index in [2.05, 4.69) is 27.5 Å². The lowest BCUT2D eigenvalue weighted by molar-refractivity contribution is 0.0371. The summed E-state index contributed by atoms with van der Waals surface area (Å²) in [7, 11) is 0. The molecule has 16 heavy (non-hydrogen) atoms. The topological polar surface area (TPSA) is 59.1 Å². The van der Waals surface area contributed by atoms with E-state index < -0.39 is 0 Å². The van der Waals surface area contributed by atoms with Crippen LogP contribution >= 0.6 is 0 Å².